The molecule has 0 bridgehead atoms. The molecule has 1 saturated heterocycles. The summed E-state index contributed by atoms with van der Waals surface area (Å²) < 4.78 is 11.1. The number of nitrogens with zero attached hydrogens (tertiary/aromatic N) is 1. The van der Waals surface area contributed by atoms with Crippen molar-refractivity contribution in [2.75, 3.05) is 26.3 Å². The first kappa shape index (κ1) is 20.2. The maximum Gasteiger partial charge on any atom is 0.222 e. The molecule has 0 spiro atoms. The van der Waals surface area contributed by atoms with Crippen molar-refractivity contribution >= 4 is 11.7 Å². The molecule has 2 aliphatic heterocycles. The molecule has 5 heteroatoms. The van der Waals surface area contributed by atoms with Crippen molar-refractivity contribution in [3.8, 4) is 11.5 Å². The van der Waals surface area contributed by atoms with Crippen LogP contribution in [0.2, 0.25) is 0 Å². The molecule has 3 aliphatic rings. The van der Waals surface area contributed by atoms with Crippen LogP contribution in [0, 0.1) is 11.8 Å². The number of benzene rings is 1. The molecule has 2 heterocycles. The minimum atomic E-state index is -0.0103. The maximum absolute atomic E-state index is 12.9. The molecule has 158 valence electrons. The molecule has 29 heavy (non-hydrogen) atoms. The van der Waals surface area contributed by atoms with E-state index in [9.17, 15) is 9.59 Å². The number of fused-ring (bicyclic) bond motifs is 1. The van der Waals surface area contributed by atoms with Crippen molar-refractivity contribution < 1.29 is 19.1 Å². The van der Waals surface area contributed by atoms with Crippen molar-refractivity contribution in [3.05, 3.63) is 23.8 Å². The van der Waals surface area contributed by atoms with E-state index in [0.717, 1.165) is 25.2 Å². The number of hydrogen-bond donors (Lipinski definition) is 0. The molecule has 1 amide bonds. The number of ether oxygens (including phenoxy) is 2. The molecule has 0 N–H and O–H groups in total. The summed E-state index contributed by atoms with van der Waals surface area (Å²) in [6.45, 7) is 2.46. The molecular weight excluding hydrogens is 366 g/mol. The first-order chi connectivity index (χ1) is 14.2. The van der Waals surface area contributed by atoms with Crippen molar-refractivity contribution in [1.82, 2.24) is 4.90 Å². The highest BCUT2D eigenvalue weighted by atomic mass is 16.6. The third-order valence-corrected chi connectivity index (χ3v) is 6.77. The Morgan fingerprint density at radius 1 is 0.931 bits per heavy atom. The topological polar surface area (TPSA) is 55.8 Å². The van der Waals surface area contributed by atoms with Crippen LogP contribution < -0.4 is 9.47 Å². The van der Waals surface area contributed by atoms with Crippen LogP contribution in [0.15, 0.2) is 18.2 Å². The van der Waals surface area contributed by atoms with Crippen molar-refractivity contribution in [1.29, 1.82) is 0 Å². The second-order valence-corrected chi connectivity index (χ2v) is 8.77. The molecule has 1 aliphatic carbocycles. The molecule has 5 nitrogen and oxygen atoms in total. The Balaban J connectivity index is 1.22. The minimum Gasteiger partial charge on any atom is -0.486 e. The predicted octanol–water partition coefficient (Wildman–Crippen LogP) is 4.63. The number of ketones is 1. The standard InChI is InChI=1S/C24H33NO4/c26-23(8-4-7-18-5-2-1-3-6-18)25-13-11-19(12-14-25)24(27)20-9-10-21-22(17-20)29-16-15-28-21/h9-10,17-19H,1-8,11-16H2. The average Bonchev–Trinajstić information content (AvgIpc) is 2.79. The Morgan fingerprint density at radius 3 is 2.41 bits per heavy atom. The maximum atomic E-state index is 12.9. The van der Waals surface area contributed by atoms with Gasteiger partial charge in [-0.3, -0.25) is 9.59 Å². The van der Waals surface area contributed by atoms with Gasteiger partial charge in [-0.25, -0.2) is 0 Å². The third-order valence-electron chi connectivity index (χ3n) is 6.77. The van der Waals surface area contributed by atoms with Gasteiger partial charge in [-0.15, -0.1) is 0 Å². The summed E-state index contributed by atoms with van der Waals surface area (Å²) in [5.74, 6) is 2.63. The second-order valence-electron chi connectivity index (χ2n) is 8.77. The van der Waals surface area contributed by atoms with Gasteiger partial charge in [0.25, 0.3) is 0 Å². The van der Waals surface area contributed by atoms with E-state index >= 15 is 0 Å². The monoisotopic (exact) mass is 399 g/mol. The van der Waals surface area contributed by atoms with Crippen LogP contribution in [-0.4, -0.2) is 42.9 Å². The smallest absolute Gasteiger partial charge is 0.222 e. The van der Waals surface area contributed by atoms with Gasteiger partial charge < -0.3 is 14.4 Å². The lowest BCUT2D eigenvalue weighted by Gasteiger charge is -2.32. The van der Waals surface area contributed by atoms with E-state index in [1.54, 1.807) is 6.07 Å². The van der Waals surface area contributed by atoms with Gasteiger partial charge in [0.2, 0.25) is 5.91 Å². The summed E-state index contributed by atoms with van der Waals surface area (Å²) in [6, 6.07) is 5.46. The van der Waals surface area contributed by atoms with Crippen LogP contribution in [0.5, 0.6) is 11.5 Å². The Morgan fingerprint density at radius 2 is 1.66 bits per heavy atom. The number of piperidine rings is 1. The van der Waals surface area contributed by atoms with Crippen LogP contribution in [-0.2, 0) is 4.79 Å². The minimum absolute atomic E-state index is 0.0103. The van der Waals surface area contributed by atoms with Gasteiger partial charge in [0, 0.05) is 31.0 Å². The molecule has 0 atom stereocenters. The number of hydrogen-bond acceptors (Lipinski definition) is 4. The molecule has 0 aromatic heterocycles. The van der Waals surface area contributed by atoms with Gasteiger partial charge >= 0.3 is 0 Å². The van der Waals surface area contributed by atoms with Gasteiger partial charge in [0.05, 0.1) is 0 Å². The molecule has 0 unspecified atom stereocenters. The van der Waals surface area contributed by atoms with Gasteiger partial charge in [0.15, 0.2) is 17.3 Å². The van der Waals surface area contributed by atoms with Crippen molar-refractivity contribution in [3.63, 3.8) is 0 Å². The van der Waals surface area contributed by atoms with E-state index in [1.165, 1.54) is 38.5 Å². The summed E-state index contributed by atoms with van der Waals surface area (Å²) in [5.41, 5.74) is 0.687. The number of rotatable bonds is 6. The van der Waals surface area contributed by atoms with Gasteiger partial charge in [-0.2, -0.15) is 0 Å². The summed E-state index contributed by atoms with van der Waals surface area (Å²) in [4.78, 5) is 27.4. The van der Waals surface area contributed by atoms with Crippen molar-refractivity contribution in [2.45, 2.75) is 64.2 Å². The normalized spacial score (nSPS) is 20.5. The van der Waals surface area contributed by atoms with Crippen LogP contribution in [0.4, 0.5) is 0 Å². The Hall–Kier alpha value is -2.04. The van der Waals surface area contributed by atoms with E-state index in [0.29, 0.717) is 49.8 Å². The Kier molecular flexibility index (Phi) is 6.73. The highest BCUT2D eigenvalue weighted by Gasteiger charge is 2.28. The number of amides is 1. The summed E-state index contributed by atoms with van der Waals surface area (Å²) in [5, 5.41) is 0. The number of carbonyl (C=O) groups excluding carboxylic acids is 2. The molecule has 1 aromatic rings. The zero-order chi connectivity index (χ0) is 20.1. The van der Waals surface area contributed by atoms with Crippen LogP contribution in [0.1, 0.15) is 74.6 Å². The molecule has 2 fully saturated rings. The Bertz CT molecular complexity index is 718. The highest BCUT2D eigenvalue weighted by Crippen LogP contribution is 2.33. The zero-order valence-corrected chi connectivity index (χ0v) is 17.4. The first-order valence-corrected chi connectivity index (χ1v) is 11.4. The van der Waals surface area contributed by atoms with E-state index in [4.69, 9.17) is 9.47 Å². The van der Waals surface area contributed by atoms with Gasteiger partial charge in [-0.1, -0.05) is 32.1 Å². The van der Waals surface area contributed by atoms with Crippen LogP contribution in [0.3, 0.4) is 0 Å². The summed E-state index contributed by atoms with van der Waals surface area (Å²) in [6.07, 6.45) is 11.2. The van der Waals surface area contributed by atoms with E-state index in [1.807, 2.05) is 17.0 Å². The number of Topliss-reactive ketones (excluding diaryl/α,β-unsaturated/α-hetero) is 1. The number of carbonyl (C=O) groups is 2. The lowest BCUT2D eigenvalue weighted by Crippen LogP contribution is -2.40. The van der Waals surface area contributed by atoms with E-state index < -0.39 is 0 Å². The number of likely N-dealkylation sites (tertiary alicyclic amines) is 1. The first-order valence-electron chi connectivity index (χ1n) is 11.4. The summed E-state index contributed by atoms with van der Waals surface area (Å²) in [7, 11) is 0. The lowest BCUT2D eigenvalue weighted by molar-refractivity contribution is -0.132. The third kappa shape index (κ3) is 5.12. The molecule has 0 radical (unpaired) electrons. The molecule has 4 rings (SSSR count). The Labute approximate surface area is 173 Å². The zero-order valence-electron chi connectivity index (χ0n) is 17.4. The van der Waals surface area contributed by atoms with Crippen LogP contribution in [0.25, 0.3) is 0 Å². The van der Waals surface area contributed by atoms with Gasteiger partial charge in [0.1, 0.15) is 13.2 Å². The fourth-order valence-corrected chi connectivity index (χ4v) is 5.00. The fraction of sp³-hybridized carbons (Fsp3) is 0.667. The van der Waals surface area contributed by atoms with Gasteiger partial charge in [-0.05, 0) is 49.8 Å². The highest BCUT2D eigenvalue weighted by molar-refractivity contribution is 5.98. The quantitative estimate of drug-likeness (QED) is 0.655. The fourth-order valence-electron chi connectivity index (χ4n) is 5.00. The lowest BCUT2D eigenvalue weighted by atomic mass is 9.85. The molecule has 1 aromatic carbocycles. The van der Waals surface area contributed by atoms with Crippen molar-refractivity contribution in [2.24, 2.45) is 11.8 Å². The second kappa shape index (κ2) is 9.64. The van der Waals surface area contributed by atoms with Crippen LogP contribution >= 0.6 is 0 Å². The average molecular weight is 400 g/mol. The predicted molar refractivity (Wildman–Crippen MR) is 111 cm³/mol. The summed E-state index contributed by atoms with van der Waals surface area (Å²) >= 11 is 0. The SMILES string of the molecule is O=C(c1ccc2c(c1)OCCO2)C1CCN(C(=O)CCCC2CCCCC2)CC1. The van der Waals surface area contributed by atoms with E-state index in [2.05, 4.69) is 0 Å². The van der Waals surface area contributed by atoms with E-state index in [-0.39, 0.29) is 17.6 Å². The molecular formula is C24H33NO4. The molecule has 1 saturated carbocycles. The largest absolute Gasteiger partial charge is 0.486 e.